The highest BCUT2D eigenvalue weighted by molar-refractivity contribution is 7.89. The molecule has 1 saturated heterocycles. The molecule has 0 spiro atoms. The van der Waals surface area contributed by atoms with Crippen molar-refractivity contribution in [2.24, 2.45) is 0 Å². The second-order valence-corrected chi connectivity index (χ2v) is 7.94. The van der Waals surface area contributed by atoms with Gasteiger partial charge in [0, 0.05) is 6.04 Å². The Morgan fingerprint density at radius 2 is 1.52 bits per heavy atom. The zero-order chi connectivity index (χ0) is 15.8. The number of nitrogens with one attached hydrogen (secondary N) is 1. The second-order valence-electron chi connectivity index (χ2n) is 6.29. The minimum absolute atomic E-state index is 0.0471. The fourth-order valence-corrected chi connectivity index (χ4v) is 4.91. The normalized spacial score (nSPS) is 18.1. The van der Waals surface area contributed by atoms with Crippen molar-refractivity contribution in [2.45, 2.75) is 51.5 Å². The summed E-state index contributed by atoms with van der Waals surface area (Å²) in [6.07, 6.45) is 1.75. The van der Waals surface area contributed by atoms with Crippen molar-refractivity contribution in [2.75, 3.05) is 20.1 Å². The third-order valence-corrected chi connectivity index (χ3v) is 6.40. The number of sulfonamides is 1. The van der Waals surface area contributed by atoms with E-state index in [0.29, 0.717) is 4.90 Å². The summed E-state index contributed by atoms with van der Waals surface area (Å²) in [5.74, 6) is 0. The lowest BCUT2D eigenvalue weighted by molar-refractivity contribution is 0.248. The van der Waals surface area contributed by atoms with Gasteiger partial charge in [-0.05, 0) is 82.9 Å². The molecule has 1 fully saturated rings. The molecule has 0 bridgehead atoms. The lowest BCUT2D eigenvalue weighted by Crippen LogP contribution is -2.43. The zero-order valence-corrected chi connectivity index (χ0v) is 14.5. The molecular weight excluding hydrogens is 284 g/mol. The van der Waals surface area contributed by atoms with Crippen molar-refractivity contribution >= 4 is 10.0 Å². The van der Waals surface area contributed by atoms with Crippen LogP contribution in [-0.4, -0.2) is 39.5 Å². The van der Waals surface area contributed by atoms with Gasteiger partial charge in [-0.1, -0.05) is 6.07 Å². The molecule has 0 aromatic heterocycles. The summed E-state index contributed by atoms with van der Waals surface area (Å²) in [5.41, 5.74) is 3.78. The van der Waals surface area contributed by atoms with Gasteiger partial charge in [0.1, 0.15) is 0 Å². The third-order valence-electron chi connectivity index (χ3n) is 4.61. The molecule has 0 aliphatic carbocycles. The molecule has 1 aliphatic heterocycles. The van der Waals surface area contributed by atoms with Crippen LogP contribution in [0.3, 0.4) is 0 Å². The summed E-state index contributed by atoms with van der Waals surface area (Å²) < 4.78 is 28.5. The molecule has 0 radical (unpaired) electrons. The summed E-state index contributed by atoms with van der Waals surface area (Å²) >= 11 is 0. The Hall–Kier alpha value is -0.910. The second kappa shape index (κ2) is 6.07. The quantitative estimate of drug-likeness (QED) is 0.932. The van der Waals surface area contributed by atoms with Crippen LogP contribution in [0.5, 0.6) is 0 Å². The molecule has 0 unspecified atom stereocenters. The highest BCUT2D eigenvalue weighted by Gasteiger charge is 2.26. The van der Waals surface area contributed by atoms with Crippen LogP contribution >= 0.6 is 0 Å². The number of hydrogen-bond donors (Lipinski definition) is 1. The van der Waals surface area contributed by atoms with E-state index in [1.165, 1.54) is 0 Å². The van der Waals surface area contributed by atoms with E-state index in [0.717, 1.165) is 48.2 Å². The van der Waals surface area contributed by atoms with Crippen LogP contribution in [0.15, 0.2) is 11.0 Å². The molecule has 1 aromatic rings. The van der Waals surface area contributed by atoms with E-state index >= 15 is 0 Å². The van der Waals surface area contributed by atoms with Crippen LogP contribution in [0.1, 0.15) is 35.1 Å². The lowest BCUT2D eigenvalue weighted by Gasteiger charge is -2.29. The fourth-order valence-electron chi connectivity index (χ4n) is 2.99. The molecule has 0 amide bonds. The van der Waals surface area contributed by atoms with Gasteiger partial charge in [-0.3, -0.25) is 0 Å². The number of rotatable bonds is 3. The molecule has 4 nitrogen and oxygen atoms in total. The Kier molecular flexibility index (Phi) is 4.76. The van der Waals surface area contributed by atoms with E-state index in [1.807, 2.05) is 27.7 Å². The van der Waals surface area contributed by atoms with E-state index in [4.69, 9.17) is 0 Å². The van der Waals surface area contributed by atoms with Gasteiger partial charge in [-0.25, -0.2) is 13.1 Å². The van der Waals surface area contributed by atoms with Gasteiger partial charge in [0.05, 0.1) is 4.90 Å². The molecule has 1 aliphatic rings. The summed E-state index contributed by atoms with van der Waals surface area (Å²) in [5, 5.41) is 0. The monoisotopic (exact) mass is 310 g/mol. The van der Waals surface area contributed by atoms with Gasteiger partial charge >= 0.3 is 0 Å². The predicted octanol–water partition coefficient (Wildman–Crippen LogP) is 2.29. The summed E-state index contributed by atoms with van der Waals surface area (Å²) in [6, 6.07) is 2.10. The maximum absolute atomic E-state index is 12.8. The summed E-state index contributed by atoms with van der Waals surface area (Å²) in [4.78, 5) is 2.71. The average Bonchev–Trinajstić information content (AvgIpc) is 2.39. The molecule has 5 heteroatoms. The van der Waals surface area contributed by atoms with Crippen LogP contribution < -0.4 is 4.72 Å². The largest absolute Gasteiger partial charge is 0.306 e. The minimum Gasteiger partial charge on any atom is -0.306 e. The van der Waals surface area contributed by atoms with Gasteiger partial charge in [0.25, 0.3) is 0 Å². The van der Waals surface area contributed by atoms with Crippen molar-refractivity contribution < 1.29 is 8.42 Å². The van der Waals surface area contributed by atoms with Crippen LogP contribution in [-0.2, 0) is 10.0 Å². The van der Waals surface area contributed by atoms with Gasteiger partial charge < -0.3 is 4.90 Å². The molecule has 118 valence electrons. The van der Waals surface area contributed by atoms with Gasteiger partial charge in [-0.15, -0.1) is 0 Å². The average molecular weight is 310 g/mol. The Bertz CT molecular complexity index is 604. The molecule has 1 N–H and O–H groups in total. The zero-order valence-electron chi connectivity index (χ0n) is 13.7. The SMILES string of the molecule is Cc1cc(C)c(C)c(S(=O)(=O)NC2CCN(C)CC2)c1C. The number of nitrogens with zero attached hydrogens (tertiary/aromatic N) is 1. The van der Waals surface area contributed by atoms with E-state index in [2.05, 4.69) is 22.7 Å². The smallest absolute Gasteiger partial charge is 0.241 e. The molecule has 1 heterocycles. The van der Waals surface area contributed by atoms with E-state index in [1.54, 1.807) is 0 Å². The highest BCUT2D eigenvalue weighted by atomic mass is 32.2. The Labute approximate surface area is 128 Å². The first-order chi connectivity index (χ1) is 9.72. The molecule has 1 aromatic carbocycles. The van der Waals surface area contributed by atoms with Crippen LogP contribution in [0.2, 0.25) is 0 Å². The van der Waals surface area contributed by atoms with Gasteiger partial charge in [0.2, 0.25) is 10.0 Å². The first-order valence-electron chi connectivity index (χ1n) is 7.50. The first kappa shape index (κ1) is 16.5. The fraction of sp³-hybridized carbons (Fsp3) is 0.625. The summed E-state index contributed by atoms with van der Waals surface area (Å²) in [6.45, 7) is 9.61. The topological polar surface area (TPSA) is 49.4 Å². The number of piperidine rings is 1. The number of aryl methyl sites for hydroxylation is 2. The molecule has 0 saturated carbocycles. The first-order valence-corrected chi connectivity index (χ1v) is 8.99. The third kappa shape index (κ3) is 3.47. The van der Waals surface area contributed by atoms with Crippen LogP contribution in [0.25, 0.3) is 0 Å². The molecule has 2 rings (SSSR count). The number of benzene rings is 1. The lowest BCUT2D eigenvalue weighted by atomic mass is 10.0. The maximum Gasteiger partial charge on any atom is 0.241 e. The van der Waals surface area contributed by atoms with E-state index in [9.17, 15) is 8.42 Å². The number of hydrogen-bond acceptors (Lipinski definition) is 3. The van der Waals surface area contributed by atoms with Crippen LogP contribution in [0.4, 0.5) is 0 Å². The maximum atomic E-state index is 12.8. The molecule has 21 heavy (non-hydrogen) atoms. The standard InChI is InChI=1S/C16H26N2O2S/c1-11-10-12(2)14(4)16(13(11)3)21(19,20)17-15-6-8-18(5)9-7-15/h10,15,17H,6-9H2,1-5H3. The Balaban J connectivity index is 2.32. The minimum atomic E-state index is -3.45. The number of likely N-dealkylation sites (tertiary alicyclic amines) is 1. The van der Waals surface area contributed by atoms with Crippen molar-refractivity contribution in [3.8, 4) is 0 Å². The van der Waals surface area contributed by atoms with Crippen molar-refractivity contribution in [1.82, 2.24) is 9.62 Å². The van der Waals surface area contributed by atoms with Crippen molar-refractivity contribution in [3.05, 3.63) is 28.3 Å². The Morgan fingerprint density at radius 1 is 1.05 bits per heavy atom. The van der Waals surface area contributed by atoms with Crippen LogP contribution in [0, 0.1) is 27.7 Å². The predicted molar refractivity (Wildman–Crippen MR) is 86.2 cm³/mol. The van der Waals surface area contributed by atoms with Gasteiger partial charge in [0.15, 0.2) is 0 Å². The molecular formula is C16H26N2O2S. The molecule has 0 atom stereocenters. The van der Waals surface area contributed by atoms with Crippen molar-refractivity contribution in [3.63, 3.8) is 0 Å². The van der Waals surface area contributed by atoms with E-state index < -0.39 is 10.0 Å². The Morgan fingerprint density at radius 3 is 2.00 bits per heavy atom. The highest BCUT2D eigenvalue weighted by Crippen LogP contribution is 2.26. The van der Waals surface area contributed by atoms with Gasteiger partial charge in [-0.2, -0.15) is 0 Å². The summed E-state index contributed by atoms with van der Waals surface area (Å²) in [7, 11) is -1.38. The van der Waals surface area contributed by atoms with Crippen molar-refractivity contribution in [1.29, 1.82) is 0 Å². The van der Waals surface area contributed by atoms with E-state index in [-0.39, 0.29) is 6.04 Å².